The molecule has 0 aromatic heterocycles. The summed E-state index contributed by atoms with van der Waals surface area (Å²) in [7, 11) is 0. The van der Waals surface area contributed by atoms with Crippen LogP contribution in [0.2, 0.25) is 0 Å². The van der Waals surface area contributed by atoms with E-state index in [1.807, 2.05) is 6.08 Å². The first kappa shape index (κ1) is 22.9. The summed E-state index contributed by atoms with van der Waals surface area (Å²) in [4.78, 5) is 31.8. The SMILES string of the molecule is C=C1CC23C[C@@]1(O)CCC2C1=CCC(O)[C@@](N)(C(=O)O)C1C3C(=O)ON(N)c1ccccc1N. The zero-order valence-electron chi connectivity index (χ0n) is 18.7. The van der Waals surface area contributed by atoms with Gasteiger partial charge in [-0.05, 0) is 61.1 Å². The summed E-state index contributed by atoms with van der Waals surface area (Å²) < 4.78 is 0. The average molecular weight is 471 g/mol. The first-order valence-electron chi connectivity index (χ1n) is 11.4. The van der Waals surface area contributed by atoms with Crippen molar-refractivity contribution in [2.45, 2.75) is 49.3 Å². The first-order valence-corrected chi connectivity index (χ1v) is 11.4. The fourth-order valence-corrected chi connectivity index (χ4v) is 7.16. The van der Waals surface area contributed by atoms with Gasteiger partial charge in [-0.3, -0.25) is 4.79 Å². The predicted molar refractivity (Wildman–Crippen MR) is 122 cm³/mol. The van der Waals surface area contributed by atoms with E-state index in [1.54, 1.807) is 24.3 Å². The van der Waals surface area contributed by atoms with Crippen LogP contribution in [-0.2, 0) is 14.4 Å². The molecule has 4 aliphatic carbocycles. The number of rotatable bonds is 4. The summed E-state index contributed by atoms with van der Waals surface area (Å²) in [5, 5.41) is 32.9. The number of benzene rings is 1. The number of hydrogen-bond acceptors (Lipinski definition) is 9. The second-order valence-electron chi connectivity index (χ2n) is 10.3. The van der Waals surface area contributed by atoms with Gasteiger partial charge in [-0.25, -0.2) is 10.6 Å². The summed E-state index contributed by atoms with van der Waals surface area (Å²) in [6, 6.07) is 6.57. The molecule has 3 saturated carbocycles. The van der Waals surface area contributed by atoms with Gasteiger partial charge in [0.2, 0.25) is 0 Å². The van der Waals surface area contributed by atoms with Gasteiger partial charge in [0.1, 0.15) is 11.2 Å². The number of carboxylic acid groups (broad SMARTS) is 1. The van der Waals surface area contributed by atoms with Gasteiger partial charge < -0.3 is 31.6 Å². The maximum absolute atomic E-state index is 13.8. The zero-order valence-corrected chi connectivity index (χ0v) is 18.7. The van der Waals surface area contributed by atoms with Gasteiger partial charge in [-0.15, -0.1) is 5.17 Å². The van der Waals surface area contributed by atoms with Crippen LogP contribution in [-0.4, -0.2) is 44.5 Å². The maximum Gasteiger partial charge on any atom is 0.338 e. The van der Waals surface area contributed by atoms with Crippen LogP contribution in [0.25, 0.3) is 0 Å². The minimum atomic E-state index is -2.10. The topological polar surface area (TPSA) is 185 Å². The largest absolute Gasteiger partial charge is 0.480 e. The van der Waals surface area contributed by atoms with Crippen LogP contribution in [0.1, 0.15) is 32.1 Å². The van der Waals surface area contributed by atoms with Gasteiger partial charge in [0.05, 0.1) is 23.3 Å². The van der Waals surface area contributed by atoms with E-state index in [4.69, 9.17) is 22.1 Å². The number of fused-ring (bicyclic) bond motifs is 3. The molecule has 0 amide bonds. The van der Waals surface area contributed by atoms with E-state index < -0.39 is 46.4 Å². The van der Waals surface area contributed by atoms with Crippen molar-refractivity contribution in [2.75, 3.05) is 10.9 Å². The fourth-order valence-electron chi connectivity index (χ4n) is 7.16. The van der Waals surface area contributed by atoms with Crippen LogP contribution >= 0.6 is 0 Å². The third-order valence-electron chi connectivity index (χ3n) is 8.71. The number of nitrogen functional groups attached to an aromatic ring is 1. The number of carboxylic acids is 1. The molecule has 0 saturated heterocycles. The molecule has 34 heavy (non-hydrogen) atoms. The number of anilines is 2. The molecule has 0 radical (unpaired) electrons. The number of hydrogen-bond donors (Lipinski definition) is 6. The highest BCUT2D eigenvalue weighted by atomic mass is 16.7. The number of carbonyl (C=O) groups is 2. The summed E-state index contributed by atoms with van der Waals surface area (Å²) in [6.45, 7) is 4.07. The van der Waals surface area contributed by atoms with Gasteiger partial charge in [0, 0.05) is 5.92 Å². The highest BCUT2D eigenvalue weighted by molar-refractivity contribution is 5.86. The molecule has 9 N–H and O–H groups in total. The molecule has 1 aromatic carbocycles. The van der Waals surface area contributed by atoms with E-state index in [0.717, 1.165) is 10.7 Å². The molecule has 3 fully saturated rings. The van der Waals surface area contributed by atoms with Crippen LogP contribution in [0, 0.1) is 23.2 Å². The molecule has 10 heteroatoms. The van der Waals surface area contributed by atoms with Crippen molar-refractivity contribution in [1.82, 2.24) is 0 Å². The van der Waals surface area contributed by atoms with E-state index in [2.05, 4.69) is 6.58 Å². The van der Waals surface area contributed by atoms with E-state index >= 15 is 0 Å². The minimum Gasteiger partial charge on any atom is -0.480 e. The molecule has 7 atom stereocenters. The Bertz CT molecular complexity index is 1120. The van der Waals surface area contributed by atoms with Gasteiger partial charge in [0.15, 0.2) is 0 Å². The lowest BCUT2D eigenvalue weighted by Gasteiger charge is -2.43. The van der Waals surface area contributed by atoms with Crippen molar-refractivity contribution in [2.24, 2.45) is 34.7 Å². The molecule has 0 aliphatic heterocycles. The summed E-state index contributed by atoms with van der Waals surface area (Å²) >= 11 is 0. The Balaban J connectivity index is 1.61. The average Bonchev–Trinajstić information content (AvgIpc) is 3.16. The van der Waals surface area contributed by atoms with Crippen molar-refractivity contribution in [3.63, 3.8) is 0 Å². The highest BCUT2D eigenvalue weighted by Gasteiger charge is 2.73. The number of aliphatic hydroxyl groups is 2. The van der Waals surface area contributed by atoms with Crippen LogP contribution < -0.4 is 22.5 Å². The Kier molecular flexibility index (Phi) is 4.90. The molecule has 0 heterocycles. The normalized spacial score (nSPS) is 40.2. The van der Waals surface area contributed by atoms with Crippen molar-refractivity contribution >= 4 is 23.3 Å². The minimum absolute atomic E-state index is 0.0672. The fraction of sp³-hybridized carbons (Fsp3) is 0.500. The van der Waals surface area contributed by atoms with Crippen molar-refractivity contribution < 1.29 is 29.7 Å². The lowest BCUT2D eigenvalue weighted by Crippen LogP contribution is -2.66. The van der Waals surface area contributed by atoms with Gasteiger partial charge >= 0.3 is 11.9 Å². The Labute approximate surface area is 196 Å². The molecule has 4 aliphatic rings. The number of aliphatic carboxylic acids is 1. The van der Waals surface area contributed by atoms with E-state index in [0.29, 0.717) is 24.8 Å². The molecule has 10 nitrogen and oxygen atoms in total. The molecule has 5 rings (SSSR count). The summed E-state index contributed by atoms with van der Waals surface area (Å²) in [5.41, 5.74) is 10.2. The van der Waals surface area contributed by atoms with Crippen LogP contribution in [0.4, 0.5) is 11.4 Å². The third-order valence-corrected chi connectivity index (χ3v) is 8.71. The van der Waals surface area contributed by atoms with E-state index in [1.165, 1.54) is 0 Å². The van der Waals surface area contributed by atoms with Gasteiger partial charge in [0.25, 0.3) is 0 Å². The van der Waals surface area contributed by atoms with Crippen molar-refractivity contribution in [3.8, 4) is 0 Å². The van der Waals surface area contributed by atoms with Gasteiger partial charge in [-0.2, -0.15) is 0 Å². The second-order valence-corrected chi connectivity index (χ2v) is 10.3. The second kappa shape index (κ2) is 7.29. The Morgan fingerprint density at radius 2 is 1.97 bits per heavy atom. The number of aliphatic hydroxyl groups excluding tert-OH is 1. The van der Waals surface area contributed by atoms with Gasteiger partial charge in [-0.1, -0.05) is 30.4 Å². The number of hydrazine groups is 1. The smallest absolute Gasteiger partial charge is 0.338 e. The Hall–Kier alpha value is -2.92. The number of nitrogens with two attached hydrogens (primary N) is 3. The number of carbonyl (C=O) groups excluding carboxylic acids is 1. The number of para-hydroxylation sites is 2. The molecule has 182 valence electrons. The molecule has 1 spiro atoms. The quantitative estimate of drug-likeness (QED) is 0.157. The Morgan fingerprint density at radius 1 is 1.26 bits per heavy atom. The van der Waals surface area contributed by atoms with Crippen LogP contribution in [0.3, 0.4) is 0 Å². The molecular weight excluding hydrogens is 440 g/mol. The summed E-state index contributed by atoms with van der Waals surface area (Å²) in [6.07, 6.45) is 2.05. The maximum atomic E-state index is 13.8. The van der Waals surface area contributed by atoms with Crippen molar-refractivity contribution in [3.05, 3.63) is 48.1 Å². The van der Waals surface area contributed by atoms with E-state index in [9.17, 15) is 24.9 Å². The van der Waals surface area contributed by atoms with Crippen molar-refractivity contribution in [1.29, 1.82) is 0 Å². The standard InChI is InChI=1S/C24H30N4O6/c1-12-10-22-11-23(12,33)9-8-14(22)13-6-7-17(29)24(26,21(31)32)18(13)19(22)20(30)34-28(27)16-5-3-2-4-15(16)25/h2-6,14,17-19,29,33H,1,7-11,25-27H2,(H,31,32)/t14?,17?,18?,19?,22?,23-,24-/m0/s1. The monoisotopic (exact) mass is 470 g/mol. The zero-order chi connectivity index (χ0) is 24.6. The lowest BCUT2D eigenvalue weighted by molar-refractivity contribution is -0.164. The number of nitrogens with zero attached hydrogens (tertiary/aromatic N) is 1. The predicted octanol–water partition coefficient (Wildman–Crippen LogP) is 0.604. The molecule has 5 unspecified atom stereocenters. The molecular formula is C24H30N4O6. The summed E-state index contributed by atoms with van der Waals surface area (Å²) in [5.74, 6) is 1.56. The molecule has 2 bridgehead atoms. The first-order chi connectivity index (χ1) is 16.0. The van der Waals surface area contributed by atoms with Crippen LogP contribution in [0.15, 0.2) is 48.1 Å². The third kappa shape index (κ3) is 2.83. The molecule has 1 aromatic rings. The van der Waals surface area contributed by atoms with E-state index in [-0.39, 0.29) is 30.1 Å². The van der Waals surface area contributed by atoms with Crippen LogP contribution in [0.5, 0.6) is 0 Å². The Morgan fingerprint density at radius 3 is 2.65 bits per heavy atom. The highest BCUT2D eigenvalue weighted by Crippen LogP contribution is 2.72. The lowest BCUT2D eigenvalue weighted by atomic mass is 9.62.